The summed E-state index contributed by atoms with van der Waals surface area (Å²) < 4.78 is 41.0. The summed E-state index contributed by atoms with van der Waals surface area (Å²) in [4.78, 5) is 34.5. The molecule has 0 fully saturated rings. The molecule has 1 aliphatic heterocycles. The minimum Gasteiger partial charge on any atom is -0.479 e. The van der Waals surface area contributed by atoms with Crippen LogP contribution in [-0.2, 0) is 27.8 Å². The lowest BCUT2D eigenvalue weighted by Crippen LogP contribution is -2.50. The lowest BCUT2D eigenvalue weighted by Gasteiger charge is -2.36. The number of hydrogen-bond donors (Lipinski definition) is 2. The first-order chi connectivity index (χ1) is 15.6. The van der Waals surface area contributed by atoms with Crippen LogP contribution in [0.15, 0.2) is 52.3 Å². The van der Waals surface area contributed by atoms with Gasteiger partial charge in [0.05, 0.1) is 10.9 Å². The highest BCUT2D eigenvalue weighted by Crippen LogP contribution is 2.44. The number of hydrogen-bond acceptors (Lipinski definition) is 6. The van der Waals surface area contributed by atoms with Crippen molar-refractivity contribution in [3.05, 3.63) is 75.2 Å². The number of hydroxylamine groups is 2. The van der Waals surface area contributed by atoms with E-state index in [1.165, 1.54) is 25.1 Å². The Hall–Kier alpha value is -3.73. The van der Waals surface area contributed by atoms with Crippen molar-refractivity contribution in [1.82, 2.24) is 15.3 Å². The molecule has 0 bridgehead atoms. The largest absolute Gasteiger partial charge is 0.479 e. The Morgan fingerprint density at radius 1 is 1.21 bits per heavy atom. The van der Waals surface area contributed by atoms with Gasteiger partial charge in [-0.2, -0.15) is 18.3 Å². The van der Waals surface area contributed by atoms with Gasteiger partial charge in [-0.05, 0) is 25.0 Å². The third-order valence-corrected chi connectivity index (χ3v) is 5.73. The van der Waals surface area contributed by atoms with Gasteiger partial charge in [-0.15, -0.1) is 0 Å². The third-order valence-electron chi connectivity index (χ3n) is 5.73. The first-order valence-electron chi connectivity index (χ1n) is 9.98. The number of halogens is 3. The molecule has 1 aromatic heterocycles. The summed E-state index contributed by atoms with van der Waals surface area (Å²) in [6.07, 6.45) is -4.73. The van der Waals surface area contributed by atoms with Gasteiger partial charge in [-0.3, -0.25) is 4.79 Å². The molecule has 11 heteroatoms. The molecule has 33 heavy (non-hydrogen) atoms. The van der Waals surface area contributed by atoms with Crippen LogP contribution in [0.1, 0.15) is 42.4 Å². The maximum atomic E-state index is 13.7. The summed E-state index contributed by atoms with van der Waals surface area (Å²) in [5, 5.41) is 17.9. The quantitative estimate of drug-likeness (QED) is 0.600. The van der Waals surface area contributed by atoms with Crippen LogP contribution in [0.25, 0.3) is 10.8 Å². The highest BCUT2D eigenvalue weighted by Gasteiger charge is 2.52. The number of rotatable bonds is 5. The number of aromatic amines is 1. The molecule has 8 nitrogen and oxygen atoms in total. The maximum absolute atomic E-state index is 13.7. The van der Waals surface area contributed by atoms with E-state index >= 15 is 0 Å². The molecule has 2 atom stereocenters. The predicted molar refractivity (Wildman–Crippen MR) is 112 cm³/mol. The van der Waals surface area contributed by atoms with Crippen LogP contribution in [0.3, 0.4) is 0 Å². The summed E-state index contributed by atoms with van der Waals surface area (Å²) >= 11 is 0. The Balaban J connectivity index is 1.95. The van der Waals surface area contributed by atoms with Crippen molar-refractivity contribution in [2.75, 3.05) is 0 Å². The normalized spacial score (nSPS) is 18.3. The van der Waals surface area contributed by atoms with Crippen molar-refractivity contribution < 1.29 is 27.9 Å². The Morgan fingerprint density at radius 2 is 1.94 bits per heavy atom. The number of benzene rings is 2. The summed E-state index contributed by atoms with van der Waals surface area (Å²) in [6.45, 7) is 3.08. The SMILES string of the molecule is CCc1cccc2c(C(C)(C(=O)O)N3OC=NC3c3ccccc3C(F)(F)F)n[nH]c(=O)c12. The molecule has 0 saturated carbocycles. The van der Waals surface area contributed by atoms with Crippen molar-refractivity contribution in [3.63, 3.8) is 0 Å². The molecular formula is C22H19F3N4O4. The minimum absolute atomic E-state index is 0.0973. The van der Waals surface area contributed by atoms with E-state index < -0.39 is 35.0 Å². The summed E-state index contributed by atoms with van der Waals surface area (Å²) in [7, 11) is 0. The average molecular weight is 460 g/mol. The molecule has 2 heterocycles. The molecule has 2 aromatic carbocycles. The monoisotopic (exact) mass is 460 g/mol. The van der Waals surface area contributed by atoms with Gasteiger partial charge in [0, 0.05) is 10.9 Å². The topological polar surface area (TPSA) is 108 Å². The van der Waals surface area contributed by atoms with E-state index in [0.717, 1.165) is 17.5 Å². The fourth-order valence-corrected chi connectivity index (χ4v) is 4.04. The molecule has 172 valence electrons. The number of aliphatic carboxylic acids is 1. The van der Waals surface area contributed by atoms with E-state index in [2.05, 4.69) is 15.2 Å². The van der Waals surface area contributed by atoms with Crippen LogP contribution in [0.5, 0.6) is 0 Å². The van der Waals surface area contributed by atoms with Crippen LogP contribution in [-0.4, -0.2) is 32.7 Å². The van der Waals surface area contributed by atoms with Gasteiger partial charge in [0.1, 0.15) is 5.69 Å². The summed E-state index contributed by atoms with van der Waals surface area (Å²) in [5.74, 6) is -1.45. The average Bonchev–Trinajstić information content (AvgIpc) is 3.28. The molecule has 0 radical (unpaired) electrons. The number of carbonyl (C=O) groups is 1. The van der Waals surface area contributed by atoms with Crippen molar-refractivity contribution >= 4 is 23.1 Å². The van der Waals surface area contributed by atoms with Gasteiger partial charge in [0.15, 0.2) is 18.1 Å². The van der Waals surface area contributed by atoms with E-state index in [1.54, 1.807) is 18.2 Å². The third kappa shape index (κ3) is 3.54. The van der Waals surface area contributed by atoms with Gasteiger partial charge in [-0.1, -0.05) is 48.4 Å². The fraction of sp³-hybridized carbons (Fsp3) is 0.273. The lowest BCUT2D eigenvalue weighted by molar-refractivity contribution is -0.195. The van der Waals surface area contributed by atoms with E-state index in [-0.39, 0.29) is 22.0 Å². The second-order valence-electron chi connectivity index (χ2n) is 7.62. The molecular weight excluding hydrogens is 441 g/mol. The molecule has 1 aliphatic rings. The number of aromatic nitrogens is 2. The maximum Gasteiger partial charge on any atom is 0.416 e. The Morgan fingerprint density at radius 3 is 2.61 bits per heavy atom. The summed E-state index contributed by atoms with van der Waals surface area (Å²) in [5.41, 5.74) is -3.30. The molecule has 0 saturated heterocycles. The zero-order valence-corrected chi connectivity index (χ0v) is 17.6. The van der Waals surface area contributed by atoms with Crippen LogP contribution in [0.2, 0.25) is 0 Å². The first kappa shape index (κ1) is 22.5. The number of carboxylic acids is 1. The fourth-order valence-electron chi connectivity index (χ4n) is 4.04. The van der Waals surface area contributed by atoms with Crippen LogP contribution >= 0.6 is 0 Å². The van der Waals surface area contributed by atoms with Crippen molar-refractivity contribution in [1.29, 1.82) is 0 Å². The second-order valence-corrected chi connectivity index (χ2v) is 7.62. The molecule has 4 rings (SSSR count). The number of nitrogens with zero attached hydrogens (tertiary/aromatic N) is 3. The molecule has 3 aromatic rings. The Kier molecular flexibility index (Phi) is 5.44. The first-order valence-corrected chi connectivity index (χ1v) is 9.98. The van der Waals surface area contributed by atoms with Crippen molar-refractivity contribution in [2.24, 2.45) is 4.99 Å². The van der Waals surface area contributed by atoms with E-state index in [0.29, 0.717) is 12.0 Å². The van der Waals surface area contributed by atoms with Gasteiger partial charge < -0.3 is 9.94 Å². The van der Waals surface area contributed by atoms with E-state index in [1.807, 2.05) is 6.92 Å². The minimum atomic E-state index is -4.70. The number of aliphatic imine (C=N–C) groups is 1. The highest BCUT2D eigenvalue weighted by atomic mass is 19.4. The highest BCUT2D eigenvalue weighted by molar-refractivity contribution is 5.92. The number of carboxylic acid groups (broad SMARTS) is 1. The van der Waals surface area contributed by atoms with Gasteiger partial charge in [0.2, 0.25) is 0 Å². The Labute approximate surface area is 185 Å². The molecule has 2 unspecified atom stereocenters. The number of nitrogens with one attached hydrogen (secondary N) is 1. The zero-order chi connectivity index (χ0) is 24.0. The number of alkyl halides is 3. The number of aryl methyl sites for hydroxylation is 1. The molecule has 0 spiro atoms. The lowest BCUT2D eigenvalue weighted by atomic mass is 9.90. The van der Waals surface area contributed by atoms with Crippen LogP contribution in [0.4, 0.5) is 13.2 Å². The number of fused-ring (bicyclic) bond motifs is 1. The zero-order valence-electron chi connectivity index (χ0n) is 17.6. The van der Waals surface area contributed by atoms with E-state index in [4.69, 9.17) is 4.84 Å². The predicted octanol–water partition coefficient (Wildman–Crippen LogP) is 3.78. The van der Waals surface area contributed by atoms with Crippen LogP contribution in [0, 0.1) is 0 Å². The number of H-pyrrole nitrogens is 1. The Bertz CT molecular complexity index is 1320. The smallest absolute Gasteiger partial charge is 0.416 e. The van der Waals surface area contributed by atoms with Gasteiger partial charge in [0.25, 0.3) is 5.56 Å². The molecule has 2 N–H and O–H groups in total. The van der Waals surface area contributed by atoms with Crippen LogP contribution < -0.4 is 5.56 Å². The summed E-state index contributed by atoms with van der Waals surface area (Å²) in [6, 6.07) is 9.67. The van der Waals surface area contributed by atoms with Gasteiger partial charge in [-0.25, -0.2) is 14.9 Å². The molecule has 0 aliphatic carbocycles. The molecule has 0 amide bonds. The van der Waals surface area contributed by atoms with E-state index in [9.17, 15) is 27.9 Å². The second kappa shape index (κ2) is 8.00. The van der Waals surface area contributed by atoms with Crippen molar-refractivity contribution in [2.45, 2.75) is 38.1 Å². The standard InChI is InChI=1S/C22H19F3N4O4/c1-3-12-7-6-9-14-16(12)19(30)28-27-17(14)21(2,20(31)32)29-18(26-11-33-29)13-8-4-5-10-15(13)22(23,24)25/h4-11,18H,3H2,1-2H3,(H,28,30)(H,31,32). The van der Waals surface area contributed by atoms with Gasteiger partial charge >= 0.3 is 12.1 Å². The van der Waals surface area contributed by atoms with Crippen molar-refractivity contribution in [3.8, 4) is 0 Å².